The smallest absolute Gasteiger partial charge is 0.101 e. The van der Waals surface area contributed by atoms with Gasteiger partial charge in [-0.2, -0.15) is 5.26 Å². The zero-order valence-corrected chi connectivity index (χ0v) is 10.6. The Morgan fingerprint density at radius 1 is 0.938 bits per heavy atom. The van der Waals surface area contributed by atoms with Gasteiger partial charge in [-0.15, -0.1) is 0 Å². The van der Waals surface area contributed by atoms with Crippen molar-refractivity contribution >= 4 is 34.0 Å². The second-order valence-electron chi connectivity index (χ2n) is 3.26. The molecule has 0 atom stereocenters. The average molecular weight is 320 g/mol. The molecule has 2 rings (SSSR count). The summed E-state index contributed by atoms with van der Waals surface area (Å²) in [5, 5.41) is 12.2. The number of benzene rings is 2. The van der Waals surface area contributed by atoms with Crippen LogP contribution in [0, 0.1) is 14.9 Å². The van der Waals surface area contributed by atoms with Crippen LogP contribution in [0.15, 0.2) is 48.5 Å². The number of hydrogen-bond donors (Lipinski definition) is 1. The maximum absolute atomic E-state index is 8.97. The molecular formula is C13H9IN2. The predicted molar refractivity (Wildman–Crippen MR) is 73.6 cm³/mol. The Bertz CT molecular complexity index is 544. The predicted octanol–water partition coefficient (Wildman–Crippen LogP) is 3.91. The fraction of sp³-hybridized carbons (Fsp3) is 0. The Labute approximate surface area is 108 Å². The van der Waals surface area contributed by atoms with Crippen LogP contribution in [0.1, 0.15) is 5.56 Å². The summed E-state index contributed by atoms with van der Waals surface area (Å²) in [6.45, 7) is 0. The van der Waals surface area contributed by atoms with E-state index in [0.29, 0.717) is 5.56 Å². The number of nitrogens with one attached hydrogen (secondary N) is 1. The van der Waals surface area contributed by atoms with E-state index >= 15 is 0 Å². The van der Waals surface area contributed by atoms with E-state index < -0.39 is 0 Å². The molecule has 0 saturated heterocycles. The summed E-state index contributed by atoms with van der Waals surface area (Å²) < 4.78 is 1.13. The number of hydrogen-bond acceptors (Lipinski definition) is 2. The molecule has 3 heteroatoms. The molecule has 0 heterocycles. The van der Waals surface area contributed by atoms with Crippen LogP contribution in [0.2, 0.25) is 0 Å². The number of anilines is 2. The minimum atomic E-state index is 0.655. The van der Waals surface area contributed by atoms with E-state index in [1.165, 1.54) is 0 Å². The lowest BCUT2D eigenvalue weighted by molar-refractivity contribution is 1.45. The lowest BCUT2D eigenvalue weighted by Crippen LogP contribution is -1.94. The summed E-state index contributed by atoms with van der Waals surface area (Å²) in [5.74, 6) is 0. The molecule has 0 unspecified atom stereocenters. The van der Waals surface area contributed by atoms with Crippen molar-refractivity contribution < 1.29 is 0 Å². The van der Waals surface area contributed by atoms with Crippen LogP contribution < -0.4 is 5.32 Å². The third kappa shape index (κ3) is 2.34. The highest BCUT2D eigenvalue weighted by Gasteiger charge is 2.02. The van der Waals surface area contributed by atoms with Crippen molar-refractivity contribution in [2.45, 2.75) is 0 Å². The molecule has 0 amide bonds. The Balaban J connectivity index is 2.35. The lowest BCUT2D eigenvalue weighted by atomic mass is 10.2. The normalized spacial score (nSPS) is 9.50. The third-order valence-electron chi connectivity index (χ3n) is 2.19. The molecular weight excluding hydrogens is 311 g/mol. The fourth-order valence-corrected chi connectivity index (χ4v) is 1.92. The summed E-state index contributed by atoms with van der Waals surface area (Å²) in [6, 6.07) is 17.6. The van der Waals surface area contributed by atoms with Gasteiger partial charge in [-0.1, -0.05) is 24.3 Å². The summed E-state index contributed by atoms with van der Waals surface area (Å²) in [6.07, 6.45) is 0. The summed E-state index contributed by atoms with van der Waals surface area (Å²) in [4.78, 5) is 0. The summed E-state index contributed by atoms with van der Waals surface area (Å²) in [7, 11) is 0. The molecule has 0 aliphatic rings. The van der Waals surface area contributed by atoms with E-state index in [2.05, 4.69) is 34.0 Å². The van der Waals surface area contributed by atoms with E-state index in [9.17, 15) is 0 Å². The first-order chi connectivity index (χ1) is 7.81. The highest BCUT2D eigenvalue weighted by molar-refractivity contribution is 14.1. The van der Waals surface area contributed by atoms with E-state index in [1.807, 2.05) is 42.5 Å². The molecule has 78 valence electrons. The largest absolute Gasteiger partial charge is 0.354 e. The molecule has 0 aliphatic carbocycles. The third-order valence-corrected chi connectivity index (χ3v) is 3.13. The van der Waals surface area contributed by atoms with E-state index in [1.54, 1.807) is 6.07 Å². The van der Waals surface area contributed by atoms with Gasteiger partial charge in [-0.25, -0.2) is 0 Å². The number of nitriles is 1. The SMILES string of the molecule is N#Cc1ccccc1Nc1ccccc1I. The molecule has 0 aliphatic heterocycles. The van der Waals surface area contributed by atoms with Gasteiger partial charge in [-0.05, 0) is 46.9 Å². The van der Waals surface area contributed by atoms with Gasteiger partial charge in [0.25, 0.3) is 0 Å². The molecule has 0 aromatic heterocycles. The standard InChI is InChI=1S/C13H9IN2/c14-11-6-2-4-8-13(11)16-12-7-3-1-5-10(12)9-15/h1-8,16H. The minimum absolute atomic E-state index is 0.655. The summed E-state index contributed by atoms with van der Waals surface area (Å²) >= 11 is 2.27. The minimum Gasteiger partial charge on any atom is -0.354 e. The van der Waals surface area contributed by atoms with Gasteiger partial charge >= 0.3 is 0 Å². The molecule has 2 aromatic carbocycles. The van der Waals surface area contributed by atoms with E-state index in [4.69, 9.17) is 5.26 Å². The van der Waals surface area contributed by atoms with Gasteiger partial charge in [0.15, 0.2) is 0 Å². The lowest BCUT2D eigenvalue weighted by Gasteiger charge is -2.09. The highest BCUT2D eigenvalue weighted by Crippen LogP contribution is 2.24. The van der Waals surface area contributed by atoms with Crippen LogP contribution in [0.25, 0.3) is 0 Å². The zero-order chi connectivity index (χ0) is 11.4. The molecule has 0 radical (unpaired) electrons. The molecule has 2 aromatic rings. The molecule has 0 spiro atoms. The number of para-hydroxylation sites is 2. The van der Waals surface area contributed by atoms with Crippen molar-refractivity contribution in [2.24, 2.45) is 0 Å². The Hall–Kier alpha value is -1.54. The van der Waals surface area contributed by atoms with Crippen LogP contribution in [0.5, 0.6) is 0 Å². The monoisotopic (exact) mass is 320 g/mol. The van der Waals surface area contributed by atoms with Crippen molar-refractivity contribution in [2.75, 3.05) is 5.32 Å². The van der Waals surface area contributed by atoms with Crippen LogP contribution in [0.4, 0.5) is 11.4 Å². The van der Waals surface area contributed by atoms with Crippen LogP contribution in [0.3, 0.4) is 0 Å². The maximum atomic E-state index is 8.97. The van der Waals surface area contributed by atoms with Crippen LogP contribution in [-0.2, 0) is 0 Å². The first-order valence-electron chi connectivity index (χ1n) is 4.82. The molecule has 1 N–H and O–H groups in total. The second kappa shape index (κ2) is 4.99. The zero-order valence-electron chi connectivity index (χ0n) is 8.44. The molecule has 16 heavy (non-hydrogen) atoms. The first kappa shape index (κ1) is 11.0. The van der Waals surface area contributed by atoms with Crippen LogP contribution >= 0.6 is 22.6 Å². The van der Waals surface area contributed by atoms with Crippen molar-refractivity contribution in [3.05, 3.63) is 57.7 Å². The quantitative estimate of drug-likeness (QED) is 0.852. The van der Waals surface area contributed by atoms with Crippen molar-refractivity contribution in [3.63, 3.8) is 0 Å². The number of nitrogens with zero attached hydrogens (tertiary/aromatic N) is 1. The number of rotatable bonds is 2. The Kier molecular flexibility index (Phi) is 3.42. The van der Waals surface area contributed by atoms with Gasteiger partial charge in [0.1, 0.15) is 6.07 Å². The summed E-state index contributed by atoms with van der Waals surface area (Å²) in [5.41, 5.74) is 2.52. The first-order valence-corrected chi connectivity index (χ1v) is 5.90. The van der Waals surface area contributed by atoms with Crippen molar-refractivity contribution in [1.82, 2.24) is 0 Å². The molecule has 0 fully saturated rings. The van der Waals surface area contributed by atoms with Gasteiger partial charge in [-0.3, -0.25) is 0 Å². The van der Waals surface area contributed by atoms with Gasteiger partial charge in [0.2, 0.25) is 0 Å². The van der Waals surface area contributed by atoms with Crippen LogP contribution in [-0.4, -0.2) is 0 Å². The average Bonchev–Trinajstić information content (AvgIpc) is 2.33. The van der Waals surface area contributed by atoms with E-state index in [-0.39, 0.29) is 0 Å². The maximum Gasteiger partial charge on any atom is 0.101 e. The molecule has 0 bridgehead atoms. The van der Waals surface area contributed by atoms with Gasteiger partial charge < -0.3 is 5.32 Å². The fourth-order valence-electron chi connectivity index (χ4n) is 1.40. The van der Waals surface area contributed by atoms with Crippen molar-refractivity contribution in [3.8, 4) is 6.07 Å². The molecule has 2 nitrogen and oxygen atoms in total. The van der Waals surface area contributed by atoms with Gasteiger partial charge in [0, 0.05) is 3.57 Å². The second-order valence-corrected chi connectivity index (χ2v) is 4.42. The Morgan fingerprint density at radius 3 is 2.25 bits per heavy atom. The highest BCUT2D eigenvalue weighted by atomic mass is 127. The van der Waals surface area contributed by atoms with Gasteiger partial charge in [0.05, 0.1) is 16.9 Å². The van der Waals surface area contributed by atoms with E-state index in [0.717, 1.165) is 14.9 Å². The molecule has 0 saturated carbocycles. The topological polar surface area (TPSA) is 35.8 Å². The number of halogens is 1. The van der Waals surface area contributed by atoms with Crippen molar-refractivity contribution in [1.29, 1.82) is 5.26 Å². The Morgan fingerprint density at radius 2 is 1.56 bits per heavy atom.